The van der Waals surface area contributed by atoms with Crippen LogP contribution in [0.5, 0.6) is 5.75 Å². The van der Waals surface area contributed by atoms with Gasteiger partial charge in [0, 0.05) is 26.3 Å². The van der Waals surface area contributed by atoms with Gasteiger partial charge >= 0.3 is 0 Å². The predicted octanol–water partition coefficient (Wildman–Crippen LogP) is 2.37. The van der Waals surface area contributed by atoms with Crippen LogP contribution in [0, 0.1) is 0 Å². The van der Waals surface area contributed by atoms with Crippen molar-refractivity contribution >= 4 is 11.6 Å². The Labute approximate surface area is 124 Å². The van der Waals surface area contributed by atoms with E-state index in [1.807, 2.05) is 35.8 Å². The minimum atomic E-state index is -0.0450. The van der Waals surface area contributed by atoms with Gasteiger partial charge in [0.1, 0.15) is 11.4 Å². The number of carbonyl (C=O) groups is 1. The molecule has 0 bridgehead atoms. The number of hydrogen-bond donors (Lipinski definition) is 1. The van der Waals surface area contributed by atoms with E-state index in [9.17, 15) is 4.79 Å². The molecule has 112 valence electrons. The topological polar surface area (TPSA) is 60.5 Å². The van der Waals surface area contributed by atoms with Crippen LogP contribution >= 0.6 is 0 Å². The number of amides is 1. The molecule has 0 fully saturated rings. The lowest BCUT2D eigenvalue weighted by atomic mass is 10.2. The van der Waals surface area contributed by atoms with Gasteiger partial charge in [0.15, 0.2) is 0 Å². The van der Waals surface area contributed by atoms with Crippen LogP contribution in [0.25, 0.3) is 0 Å². The standard InChI is InChI=1S/C16H21N3O2/c1-4-19-11-13(17)9-15(19)16(20)18(2)10-12-6-5-7-14(8-12)21-3/h5-9,11H,4,10,17H2,1-3H3. The van der Waals surface area contributed by atoms with Crippen molar-refractivity contribution in [1.29, 1.82) is 0 Å². The molecule has 1 aromatic heterocycles. The van der Waals surface area contributed by atoms with E-state index in [0.29, 0.717) is 24.5 Å². The minimum Gasteiger partial charge on any atom is -0.497 e. The van der Waals surface area contributed by atoms with Gasteiger partial charge in [-0.15, -0.1) is 0 Å². The van der Waals surface area contributed by atoms with Crippen LogP contribution in [0.15, 0.2) is 36.5 Å². The summed E-state index contributed by atoms with van der Waals surface area (Å²) in [5.41, 5.74) is 8.01. The Hall–Kier alpha value is -2.43. The fourth-order valence-corrected chi connectivity index (χ4v) is 2.29. The maximum Gasteiger partial charge on any atom is 0.270 e. The van der Waals surface area contributed by atoms with Crippen molar-refractivity contribution in [2.75, 3.05) is 19.9 Å². The Kier molecular flexibility index (Phi) is 4.52. The molecule has 0 unspecified atom stereocenters. The van der Waals surface area contributed by atoms with Gasteiger partial charge in [-0.3, -0.25) is 4.79 Å². The smallest absolute Gasteiger partial charge is 0.270 e. The first-order chi connectivity index (χ1) is 10.0. The van der Waals surface area contributed by atoms with E-state index in [1.165, 1.54) is 0 Å². The minimum absolute atomic E-state index is 0.0450. The first kappa shape index (κ1) is 15.0. The lowest BCUT2D eigenvalue weighted by Crippen LogP contribution is -2.28. The lowest BCUT2D eigenvalue weighted by Gasteiger charge is -2.18. The molecule has 0 aliphatic heterocycles. The Bertz CT molecular complexity index is 634. The molecule has 0 atom stereocenters. The van der Waals surface area contributed by atoms with Crippen molar-refractivity contribution in [2.45, 2.75) is 20.0 Å². The molecule has 0 aliphatic carbocycles. The molecule has 5 heteroatoms. The summed E-state index contributed by atoms with van der Waals surface area (Å²) in [4.78, 5) is 14.2. The Morgan fingerprint density at radius 1 is 1.38 bits per heavy atom. The van der Waals surface area contributed by atoms with E-state index in [4.69, 9.17) is 10.5 Å². The van der Waals surface area contributed by atoms with Crippen LogP contribution in [0.2, 0.25) is 0 Å². The molecule has 2 rings (SSSR count). The summed E-state index contributed by atoms with van der Waals surface area (Å²) in [6, 6.07) is 9.41. The molecular weight excluding hydrogens is 266 g/mol. The molecule has 1 aromatic carbocycles. The van der Waals surface area contributed by atoms with Gasteiger partial charge in [0.2, 0.25) is 0 Å². The molecule has 21 heavy (non-hydrogen) atoms. The van der Waals surface area contributed by atoms with Gasteiger partial charge < -0.3 is 19.9 Å². The largest absolute Gasteiger partial charge is 0.497 e. The number of nitrogens with two attached hydrogens (primary N) is 1. The Morgan fingerprint density at radius 2 is 2.14 bits per heavy atom. The molecule has 1 heterocycles. The zero-order valence-electron chi connectivity index (χ0n) is 12.7. The van der Waals surface area contributed by atoms with Crippen molar-refractivity contribution in [3.8, 4) is 5.75 Å². The monoisotopic (exact) mass is 287 g/mol. The number of benzene rings is 1. The number of nitrogens with zero attached hydrogens (tertiary/aromatic N) is 2. The molecule has 0 radical (unpaired) electrons. The van der Waals surface area contributed by atoms with Crippen molar-refractivity contribution in [3.63, 3.8) is 0 Å². The molecule has 2 N–H and O–H groups in total. The second kappa shape index (κ2) is 6.35. The van der Waals surface area contributed by atoms with Crippen LogP contribution in [-0.4, -0.2) is 29.5 Å². The first-order valence-corrected chi connectivity index (χ1v) is 6.89. The van der Waals surface area contributed by atoms with Crippen molar-refractivity contribution in [1.82, 2.24) is 9.47 Å². The number of anilines is 1. The number of ether oxygens (including phenoxy) is 1. The third-order valence-corrected chi connectivity index (χ3v) is 3.38. The van der Waals surface area contributed by atoms with E-state index < -0.39 is 0 Å². The number of carbonyl (C=O) groups excluding carboxylic acids is 1. The van der Waals surface area contributed by atoms with E-state index in [1.54, 1.807) is 31.3 Å². The highest BCUT2D eigenvalue weighted by atomic mass is 16.5. The average Bonchev–Trinajstić information content (AvgIpc) is 2.87. The zero-order valence-corrected chi connectivity index (χ0v) is 12.7. The number of methoxy groups -OCH3 is 1. The van der Waals surface area contributed by atoms with Crippen LogP contribution in [0.3, 0.4) is 0 Å². The van der Waals surface area contributed by atoms with Gasteiger partial charge in [-0.25, -0.2) is 0 Å². The number of nitrogen functional groups attached to an aromatic ring is 1. The third kappa shape index (κ3) is 3.37. The summed E-state index contributed by atoms with van der Waals surface area (Å²) in [5, 5.41) is 0. The van der Waals surface area contributed by atoms with Gasteiger partial charge in [0.25, 0.3) is 5.91 Å². The fourth-order valence-electron chi connectivity index (χ4n) is 2.29. The molecule has 1 amide bonds. The maximum atomic E-state index is 12.5. The summed E-state index contributed by atoms with van der Waals surface area (Å²) >= 11 is 0. The van der Waals surface area contributed by atoms with E-state index in [0.717, 1.165) is 11.3 Å². The van der Waals surface area contributed by atoms with E-state index in [-0.39, 0.29) is 5.91 Å². The average molecular weight is 287 g/mol. The van der Waals surface area contributed by atoms with E-state index in [2.05, 4.69) is 0 Å². The normalized spacial score (nSPS) is 10.4. The van der Waals surface area contributed by atoms with Crippen molar-refractivity contribution in [3.05, 3.63) is 47.8 Å². The van der Waals surface area contributed by atoms with Gasteiger partial charge in [-0.2, -0.15) is 0 Å². The quantitative estimate of drug-likeness (QED) is 0.918. The second-order valence-electron chi connectivity index (χ2n) is 4.96. The van der Waals surface area contributed by atoms with Crippen LogP contribution in [0.1, 0.15) is 23.0 Å². The third-order valence-electron chi connectivity index (χ3n) is 3.38. The highest BCUT2D eigenvalue weighted by Gasteiger charge is 2.16. The molecule has 0 spiro atoms. The maximum absolute atomic E-state index is 12.5. The number of aromatic nitrogens is 1. The SMILES string of the molecule is CCn1cc(N)cc1C(=O)N(C)Cc1cccc(OC)c1. The zero-order chi connectivity index (χ0) is 15.4. The molecule has 2 aromatic rings. The Morgan fingerprint density at radius 3 is 2.81 bits per heavy atom. The number of rotatable bonds is 5. The summed E-state index contributed by atoms with van der Waals surface area (Å²) in [5.74, 6) is 0.742. The highest BCUT2D eigenvalue weighted by Crippen LogP contribution is 2.17. The summed E-state index contributed by atoms with van der Waals surface area (Å²) < 4.78 is 7.06. The fraction of sp³-hybridized carbons (Fsp3) is 0.312. The summed E-state index contributed by atoms with van der Waals surface area (Å²) in [7, 11) is 3.41. The predicted molar refractivity (Wildman–Crippen MR) is 83.3 cm³/mol. The summed E-state index contributed by atoms with van der Waals surface area (Å²) in [6.07, 6.45) is 1.78. The van der Waals surface area contributed by atoms with E-state index >= 15 is 0 Å². The lowest BCUT2D eigenvalue weighted by molar-refractivity contribution is 0.0774. The molecule has 0 saturated heterocycles. The van der Waals surface area contributed by atoms with Gasteiger partial charge in [0.05, 0.1) is 12.8 Å². The van der Waals surface area contributed by atoms with Gasteiger partial charge in [-0.1, -0.05) is 12.1 Å². The molecule has 0 saturated carbocycles. The molecule has 5 nitrogen and oxygen atoms in total. The molecular formula is C16H21N3O2. The highest BCUT2D eigenvalue weighted by molar-refractivity contribution is 5.93. The van der Waals surface area contributed by atoms with Crippen LogP contribution < -0.4 is 10.5 Å². The second-order valence-corrected chi connectivity index (χ2v) is 4.96. The van der Waals surface area contributed by atoms with Gasteiger partial charge in [-0.05, 0) is 30.7 Å². The van der Waals surface area contributed by atoms with Crippen LogP contribution in [0.4, 0.5) is 5.69 Å². The Balaban J connectivity index is 2.15. The van der Waals surface area contributed by atoms with Crippen molar-refractivity contribution in [2.24, 2.45) is 0 Å². The van der Waals surface area contributed by atoms with Crippen molar-refractivity contribution < 1.29 is 9.53 Å². The number of aryl methyl sites for hydroxylation is 1. The summed E-state index contributed by atoms with van der Waals surface area (Å²) in [6.45, 7) is 3.22. The van der Waals surface area contributed by atoms with Crippen LogP contribution in [-0.2, 0) is 13.1 Å². The molecule has 0 aliphatic rings. The number of hydrogen-bond acceptors (Lipinski definition) is 3. The first-order valence-electron chi connectivity index (χ1n) is 6.89.